The minimum Gasteiger partial charge on any atom is -0.459 e. The van der Waals surface area contributed by atoms with E-state index in [4.69, 9.17) is 9.47 Å². The summed E-state index contributed by atoms with van der Waals surface area (Å²) in [6.45, 7) is 8.18. The average Bonchev–Trinajstić information content (AvgIpc) is 2.86. The molecule has 0 radical (unpaired) electrons. The fraction of sp³-hybridized carbons (Fsp3) is 0.556. The normalized spacial score (nSPS) is 21.1. The zero-order valence-corrected chi connectivity index (χ0v) is 14.2. The second kappa shape index (κ2) is 7.02. The van der Waals surface area contributed by atoms with Crippen LogP contribution in [0.5, 0.6) is 0 Å². The Balaban J connectivity index is 1.98. The van der Waals surface area contributed by atoms with Crippen LogP contribution in [0.1, 0.15) is 39.7 Å². The Morgan fingerprint density at radius 2 is 1.87 bits per heavy atom. The number of nitrogens with zero attached hydrogens (tertiary/aromatic N) is 1. The molecule has 2 rings (SSSR count). The summed E-state index contributed by atoms with van der Waals surface area (Å²) < 4.78 is 10.8. The minimum atomic E-state index is -0.582. The number of carbonyl (C=O) groups is 2. The van der Waals surface area contributed by atoms with E-state index in [-0.39, 0.29) is 18.5 Å². The highest BCUT2D eigenvalue weighted by Crippen LogP contribution is 2.26. The molecule has 1 heterocycles. The molecule has 0 aliphatic carbocycles. The molecule has 1 aliphatic heterocycles. The number of benzene rings is 1. The average molecular weight is 319 g/mol. The molecule has 0 saturated carbocycles. The first kappa shape index (κ1) is 17.3. The molecule has 1 aromatic rings. The maximum Gasteiger partial charge on any atom is 0.411 e. The maximum atomic E-state index is 12.4. The van der Waals surface area contributed by atoms with E-state index in [2.05, 4.69) is 0 Å². The molecule has 0 unspecified atom stereocenters. The van der Waals surface area contributed by atoms with Gasteiger partial charge in [-0.3, -0.25) is 4.90 Å². The topological polar surface area (TPSA) is 55.8 Å². The number of likely N-dealkylation sites (tertiary alicyclic amines) is 1. The van der Waals surface area contributed by atoms with Gasteiger partial charge in [0.15, 0.2) is 0 Å². The second-order valence-corrected chi connectivity index (χ2v) is 7.08. The number of amides is 1. The van der Waals surface area contributed by atoms with E-state index in [1.165, 1.54) is 4.90 Å². The number of ether oxygens (including phenoxy) is 2. The molecule has 2 atom stereocenters. The van der Waals surface area contributed by atoms with Crippen LogP contribution in [0.15, 0.2) is 30.3 Å². The highest BCUT2D eigenvalue weighted by Gasteiger charge is 2.40. The van der Waals surface area contributed by atoms with Gasteiger partial charge in [-0.05, 0) is 38.7 Å². The summed E-state index contributed by atoms with van der Waals surface area (Å²) in [5.74, 6) is -0.124. The van der Waals surface area contributed by atoms with E-state index < -0.39 is 17.7 Å². The smallest absolute Gasteiger partial charge is 0.411 e. The van der Waals surface area contributed by atoms with Gasteiger partial charge in [0.2, 0.25) is 0 Å². The molecule has 1 aliphatic rings. The zero-order valence-electron chi connectivity index (χ0n) is 14.2. The third-order valence-corrected chi connectivity index (χ3v) is 3.63. The molecule has 1 saturated heterocycles. The molecular formula is C18H25NO4. The Morgan fingerprint density at radius 3 is 2.48 bits per heavy atom. The van der Waals surface area contributed by atoms with Crippen molar-refractivity contribution < 1.29 is 19.1 Å². The lowest BCUT2D eigenvalue weighted by atomic mass is 10.1. The van der Waals surface area contributed by atoms with E-state index in [1.54, 1.807) is 0 Å². The lowest BCUT2D eigenvalue weighted by Crippen LogP contribution is -2.44. The molecule has 1 aromatic carbocycles. The van der Waals surface area contributed by atoms with Crippen molar-refractivity contribution in [1.82, 2.24) is 4.90 Å². The summed E-state index contributed by atoms with van der Waals surface area (Å²) in [5, 5.41) is 0. The summed E-state index contributed by atoms with van der Waals surface area (Å²) in [6.07, 6.45) is 0.149. The van der Waals surface area contributed by atoms with Crippen molar-refractivity contribution in [3.63, 3.8) is 0 Å². The van der Waals surface area contributed by atoms with Gasteiger partial charge >= 0.3 is 12.1 Å². The predicted octanol–water partition coefficient (Wildman–Crippen LogP) is 3.38. The molecule has 5 nitrogen and oxygen atoms in total. The van der Waals surface area contributed by atoms with Gasteiger partial charge in [-0.1, -0.05) is 37.3 Å². The molecular weight excluding hydrogens is 294 g/mol. The van der Waals surface area contributed by atoms with Crippen LogP contribution >= 0.6 is 0 Å². The third-order valence-electron chi connectivity index (χ3n) is 3.63. The van der Waals surface area contributed by atoms with Gasteiger partial charge < -0.3 is 9.47 Å². The molecule has 0 N–H and O–H groups in total. The molecule has 23 heavy (non-hydrogen) atoms. The molecule has 0 bridgehead atoms. The fourth-order valence-corrected chi connectivity index (χ4v) is 2.62. The van der Waals surface area contributed by atoms with Crippen LogP contribution in [-0.4, -0.2) is 35.2 Å². The largest absolute Gasteiger partial charge is 0.459 e. The van der Waals surface area contributed by atoms with Crippen LogP contribution in [0.3, 0.4) is 0 Å². The van der Waals surface area contributed by atoms with Crippen molar-refractivity contribution in [1.29, 1.82) is 0 Å². The highest BCUT2D eigenvalue weighted by atomic mass is 16.6. The van der Waals surface area contributed by atoms with Gasteiger partial charge in [-0.2, -0.15) is 0 Å². The van der Waals surface area contributed by atoms with E-state index >= 15 is 0 Å². The number of carbonyl (C=O) groups excluding carboxylic acids is 2. The van der Waals surface area contributed by atoms with Crippen molar-refractivity contribution in [2.45, 2.75) is 52.4 Å². The summed E-state index contributed by atoms with van der Waals surface area (Å²) in [6, 6.07) is 8.94. The van der Waals surface area contributed by atoms with Crippen molar-refractivity contribution in [3.05, 3.63) is 35.9 Å². The summed E-state index contributed by atoms with van der Waals surface area (Å²) in [4.78, 5) is 26.2. The van der Waals surface area contributed by atoms with Crippen molar-refractivity contribution in [2.75, 3.05) is 6.54 Å². The fourth-order valence-electron chi connectivity index (χ4n) is 2.62. The van der Waals surface area contributed by atoms with Crippen LogP contribution < -0.4 is 0 Å². The first-order valence-electron chi connectivity index (χ1n) is 7.96. The van der Waals surface area contributed by atoms with Crippen LogP contribution in [0, 0.1) is 5.92 Å². The zero-order chi connectivity index (χ0) is 17.0. The Labute approximate surface area is 137 Å². The number of hydrogen-bond acceptors (Lipinski definition) is 4. The predicted molar refractivity (Wildman–Crippen MR) is 86.7 cm³/mol. The summed E-state index contributed by atoms with van der Waals surface area (Å²) >= 11 is 0. The van der Waals surface area contributed by atoms with Gasteiger partial charge in [0.05, 0.1) is 0 Å². The first-order chi connectivity index (χ1) is 10.8. The minimum absolute atomic E-state index is 0.215. The number of esters is 1. The van der Waals surface area contributed by atoms with Crippen LogP contribution in [-0.2, 0) is 20.9 Å². The van der Waals surface area contributed by atoms with E-state index in [9.17, 15) is 9.59 Å². The van der Waals surface area contributed by atoms with Crippen LogP contribution in [0.25, 0.3) is 0 Å². The molecule has 126 valence electrons. The highest BCUT2D eigenvalue weighted by molar-refractivity contribution is 5.82. The van der Waals surface area contributed by atoms with E-state index in [0.717, 1.165) is 5.56 Å². The molecule has 5 heteroatoms. The SMILES string of the molecule is C[C@H]1C[C@@H](C(=O)OCc2ccccc2)N(C(=O)OC(C)(C)C)C1. The number of rotatable bonds is 3. The lowest BCUT2D eigenvalue weighted by Gasteiger charge is -2.27. The van der Waals surface area contributed by atoms with Gasteiger partial charge in [-0.25, -0.2) is 9.59 Å². The quantitative estimate of drug-likeness (QED) is 0.802. The Morgan fingerprint density at radius 1 is 1.22 bits per heavy atom. The second-order valence-electron chi connectivity index (χ2n) is 7.08. The van der Waals surface area contributed by atoms with Crippen molar-refractivity contribution in [2.24, 2.45) is 5.92 Å². The lowest BCUT2D eigenvalue weighted by molar-refractivity contribution is -0.150. The van der Waals surface area contributed by atoms with Crippen molar-refractivity contribution in [3.8, 4) is 0 Å². The molecule has 1 amide bonds. The Hall–Kier alpha value is -2.04. The van der Waals surface area contributed by atoms with Crippen LogP contribution in [0.4, 0.5) is 4.79 Å². The first-order valence-corrected chi connectivity index (χ1v) is 7.96. The molecule has 1 fully saturated rings. The third kappa shape index (κ3) is 4.98. The van der Waals surface area contributed by atoms with Gasteiger partial charge in [0.1, 0.15) is 18.2 Å². The van der Waals surface area contributed by atoms with Gasteiger partial charge in [-0.15, -0.1) is 0 Å². The monoisotopic (exact) mass is 319 g/mol. The van der Waals surface area contributed by atoms with E-state index in [1.807, 2.05) is 58.0 Å². The Bertz CT molecular complexity index is 550. The van der Waals surface area contributed by atoms with Crippen LogP contribution in [0.2, 0.25) is 0 Å². The summed E-state index contributed by atoms with van der Waals surface area (Å²) in [7, 11) is 0. The maximum absolute atomic E-state index is 12.4. The van der Waals surface area contributed by atoms with E-state index in [0.29, 0.717) is 13.0 Å². The molecule has 0 aromatic heterocycles. The number of hydrogen-bond donors (Lipinski definition) is 0. The van der Waals surface area contributed by atoms with Gasteiger partial charge in [0, 0.05) is 6.54 Å². The summed E-state index contributed by atoms with van der Waals surface area (Å²) in [5.41, 5.74) is 0.345. The van der Waals surface area contributed by atoms with Crippen molar-refractivity contribution >= 4 is 12.1 Å². The van der Waals surface area contributed by atoms with Gasteiger partial charge in [0.25, 0.3) is 0 Å². The Kier molecular flexibility index (Phi) is 5.29. The standard InChI is InChI=1S/C18H25NO4/c1-13-10-15(19(11-13)17(21)23-18(2,3)4)16(20)22-12-14-8-6-5-7-9-14/h5-9,13,15H,10-12H2,1-4H3/t13-,15-/m0/s1. The molecule has 0 spiro atoms.